The predicted octanol–water partition coefficient (Wildman–Crippen LogP) is 3.82. The molecular formula is C13H14ClN3S. The number of anilines is 1. The van der Waals surface area contributed by atoms with Gasteiger partial charge in [0, 0.05) is 15.5 Å². The third-order valence-electron chi connectivity index (χ3n) is 2.45. The molecule has 0 atom stereocenters. The molecule has 0 aliphatic heterocycles. The molecule has 94 valence electrons. The Morgan fingerprint density at radius 1 is 1.33 bits per heavy atom. The molecule has 0 saturated carbocycles. The number of benzene rings is 1. The molecule has 0 spiro atoms. The van der Waals surface area contributed by atoms with Crippen LogP contribution in [-0.4, -0.2) is 9.97 Å². The average molecular weight is 280 g/mol. The van der Waals surface area contributed by atoms with Crippen LogP contribution in [0.3, 0.4) is 0 Å². The molecule has 0 aliphatic carbocycles. The van der Waals surface area contributed by atoms with E-state index in [1.165, 1.54) is 6.33 Å². The summed E-state index contributed by atoms with van der Waals surface area (Å²) < 4.78 is 0. The van der Waals surface area contributed by atoms with Crippen LogP contribution in [-0.2, 0) is 6.42 Å². The molecule has 2 rings (SSSR count). The van der Waals surface area contributed by atoms with Gasteiger partial charge >= 0.3 is 0 Å². The molecule has 2 N–H and O–H groups in total. The van der Waals surface area contributed by atoms with Gasteiger partial charge in [-0.05, 0) is 24.6 Å². The number of nitrogens with two attached hydrogens (primary N) is 1. The maximum atomic E-state index is 5.97. The van der Waals surface area contributed by atoms with E-state index in [0.29, 0.717) is 5.82 Å². The summed E-state index contributed by atoms with van der Waals surface area (Å²) in [4.78, 5) is 9.41. The van der Waals surface area contributed by atoms with Crippen molar-refractivity contribution in [2.75, 3.05) is 5.73 Å². The summed E-state index contributed by atoms with van der Waals surface area (Å²) in [7, 11) is 0. The Labute approximate surface area is 116 Å². The van der Waals surface area contributed by atoms with Gasteiger partial charge in [-0.1, -0.05) is 42.8 Å². The van der Waals surface area contributed by atoms with Crippen molar-refractivity contribution in [3.8, 4) is 0 Å². The second-order valence-electron chi connectivity index (χ2n) is 3.85. The maximum Gasteiger partial charge on any atom is 0.131 e. The molecule has 0 bridgehead atoms. The highest BCUT2D eigenvalue weighted by molar-refractivity contribution is 7.99. The number of hydrogen-bond acceptors (Lipinski definition) is 4. The highest BCUT2D eigenvalue weighted by Gasteiger charge is 2.10. The zero-order chi connectivity index (χ0) is 13.0. The molecule has 1 aromatic heterocycles. The molecule has 0 radical (unpaired) electrons. The van der Waals surface area contributed by atoms with Crippen LogP contribution in [0.25, 0.3) is 0 Å². The van der Waals surface area contributed by atoms with Crippen molar-refractivity contribution in [2.24, 2.45) is 0 Å². The first kappa shape index (κ1) is 13.2. The Kier molecular flexibility index (Phi) is 4.44. The fourth-order valence-corrected chi connectivity index (χ4v) is 2.86. The second kappa shape index (κ2) is 6.07. The fourth-order valence-electron chi connectivity index (χ4n) is 1.62. The maximum absolute atomic E-state index is 5.97. The van der Waals surface area contributed by atoms with Crippen LogP contribution < -0.4 is 5.73 Å². The lowest BCUT2D eigenvalue weighted by atomic mass is 10.2. The lowest BCUT2D eigenvalue weighted by Gasteiger charge is -2.09. The van der Waals surface area contributed by atoms with Crippen LogP contribution in [0.2, 0.25) is 5.02 Å². The highest BCUT2D eigenvalue weighted by Crippen LogP contribution is 2.32. The van der Waals surface area contributed by atoms with Gasteiger partial charge in [-0.15, -0.1) is 0 Å². The quantitative estimate of drug-likeness (QED) is 0.865. The molecule has 1 aromatic carbocycles. The Morgan fingerprint density at radius 3 is 2.89 bits per heavy atom. The summed E-state index contributed by atoms with van der Waals surface area (Å²) in [5, 5.41) is 1.63. The summed E-state index contributed by atoms with van der Waals surface area (Å²) in [6.45, 7) is 2.11. The van der Waals surface area contributed by atoms with Gasteiger partial charge in [0.2, 0.25) is 0 Å². The predicted molar refractivity (Wildman–Crippen MR) is 76.0 cm³/mol. The van der Waals surface area contributed by atoms with E-state index in [9.17, 15) is 0 Å². The first-order chi connectivity index (χ1) is 8.70. The normalized spacial score (nSPS) is 10.6. The summed E-state index contributed by atoms with van der Waals surface area (Å²) in [5.74, 6) is 0.566. The Hall–Kier alpha value is -1.26. The van der Waals surface area contributed by atoms with Crippen LogP contribution in [0.4, 0.5) is 5.82 Å². The first-order valence-corrected chi connectivity index (χ1v) is 6.93. The summed E-state index contributed by atoms with van der Waals surface area (Å²) in [5.41, 5.74) is 6.92. The van der Waals surface area contributed by atoms with E-state index in [-0.39, 0.29) is 0 Å². The van der Waals surface area contributed by atoms with Crippen molar-refractivity contribution in [3.05, 3.63) is 41.2 Å². The molecule has 3 nitrogen and oxygen atoms in total. The van der Waals surface area contributed by atoms with Crippen molar-refractivity contribution in [1.82, 2.24) is 9.97 Å². The molecule has 2 aromatic rings. The molecule has 0 saturated heterocycles. The van der Waals surface area contributed by atoms with Gasteiger partial charge in [0.1, 0.15) is 17.2 Å². The van der Waals surface area contributed by atoms with Gasteiger partial charge in [-0.2, -0.15) is 0 Å². The van der Waals surface area contributed by atoms with Crippen LogP contribution in [0.5, 0.6) is 0 Å². The van der Waals surface area contributed by atoms with Gasteiger partial charge in [0.15, 0.2) is 0 Å². The van der Waals surface area contributed by atoms with Gasteiger partial charge in [0.05, 0.1) is 0 Å². The molecule has 0 unspecified atom stereocenters. The van der Waals surface area contributed by atoms with Crippen LogP contribution in [0.1, 0.15) is 18.9 Å². The largest absolute Gasteiger partial charge is 0.383 e. The lowest BCUT2D eigenvalue weighted by molar-refractivity contribution is 0.862. The van der Waals surface area contributed by atoms with E-state index < -0.39 is 0 Å². The lowest BCUT2D eigenvalue weighted by Crippen LogP contribution is -2.01. The monoisotopic (exact) mass is 279 g/mol. The molecule has 0 amide bonds. The van der Waals surface area contributed by atoms with Crippen molar-refractivity contribution >= 4 is 29.2 Å². The van der Waals surface area contributed by atoms with Crippen molar-refractivity contribution in [3.63, 3.8) is 0 Å². The number of aromatic nitrogens is 2. The zero-order valence-corrected chi connectivity index (χ0v) is 11.6. The first-order valence-electron chi connectivity index (χ1n) is 5.73. The molecule has 0 fully saturated rings. The van der Waals surface area contributed by atoms with E-state index in [2.05, 4.69) is 16.9 Å². The van der Waals surface area contributed by atoms with E-state index in [1.807, 2.05) is 24.3 Å². The molecule has 5 heteroatoms. The number of rotatable bonds is 4. The third kappa shape index (κ3) is 3.15. The van der Waals surface area contributed by atoms with Crippen molar-refractivity contribution < 1.29 is 0 Å². The molecule has 1 heterocycles. The Bertz CT molecular complexity index is 546. The van der Waals surface area contributed by atoms with E-state index in [4.69, 9.17) is 17.3 Å². The number of nitrogen functional groups attached to an aromatic ring is 1. The van der Waals surface area contributed by atoms with Crippen molar-refractivity contribution in [1.29, 1.82) is 0 Å². The van der Waals surface area contributed by atoms with Gasteiger partial charge in [0.25, 0.3) is 0 Å². The van der Waals surface area contributed by atoms with Crippen LogP contribution in [0.15, 0.2) is 40.5 Å². The van der Waals surface area contributed by atoms with Gasteiger partial charge in [-0.25, -0.2) is 9.97 Å². The molecule has 18 heavy (non-hydrogen) atoms. The second-order valence-corrected chi connectivity index (χ2v) is 5.35. The smallest absolute Gasteiger partial charge is 0.131 e. The SMILES string of the molecule is CCCc1c(N)ncnc1Sc1cccc(Cl)c1. The summed E-state index contributed by atoms with van der Waals surface area (Å²) in [6, 6.07) is 7.70. The highest BCUT2D eigenvalue weighted by atomic mass is 35.5. The number of halogens is 1. The minimum atomic E-state index is 0.566. The van der Waals surface area contributed by atoms with Crippen molar-refractivity contribution in [2.45, 2.75) is 29.7 Å². The van der Waals surface area contributed by atoms with E-state index in [1.54, 1.807) is 11.8 Å². The molecular weight excluding hydrogens is 266 g/mol. The van der Waals surface area contributed by atoms with Crippen LogP contribution >= 0.6 is 23.4 Å². The van der Waals surface area contributed by atoms with Gasteiger partial charge < -0.3 is 5.73 Å². The fraction of sp³-hybridized carbons (Fsp3) is 0.231. The minimum absolute atomic E-state index is 0.566. The Morgan fingerprint density at radius 2 is 2.17 bits per heavy atom. The van der Waals surface area contributed by atoms with Gasteiger partial charge in [-0.3, -0.25) is 0 Å². The van der Waals surface area contributed by atoms with E-state index in [0.717, 1.165) is 33.3 Å². The van der Waals surface area contributed by atoms with Crippen LogP contribution in [0, 0.1) is 0 Å². The summed E-state index contributed by atoms with van der Waals surface area (Å²) in [6.07, 6.45) is 3.40. The topological polar surface area (TPSA) is 51.8 Å². The number of hydrogen-bond donors (Lipinski definition) is 1. The Balaban J connectivity index is 2.31. The average Bonchev–Trinajstić information content (AvgIpc) is 2.34. The zero-order valence-electron chi connectivity index (χ0n) is 10.1. The summed E-state index contributed by atoms with van der Waals surface area (Å²) >= 11 is 7.54. The molecule has 0 aliphatic rings. The third-order valence-corrected chi connectivity index (χ3v) is 3.72. The minimum Gasteiger partial charge on any atom is -0.383 e. The number of nitrogens with zero attached hydrogens (tertiary/aromatic N) is 2. The standard InChI is InChI=1S/C13H14ClN3S/c1-2-4-11-12(15)16-8-17-13(11)18-10-6-3-5-9(14)7-10/h3,5-8H,2,4H2,1H3,(H2,15,16,17). The van der Waals surface area contributed by atoms with E-state index >= 15 is 0 Å².